The van der Waals surface area contributed by atoms with Crippen LogP contribution in [0.1, 0.15) is 30.5 Å². The van der Waals surface area contributed by atoms with Gasteiger partial charge in [-0.3, -0.25) is 9.59 Å². The number of carbonyl (C=O) groups is 2. The molecule has 0 saturated heterocycles. The lowest BCUT2D eigenvalue weighted by Crippen LogP contribution is -2.51. The van der Waals surface area contributed by atoms with Gasteiger partial charge in [0, 0.05) is 30.0 Å². The Hall–Kier alpha value is -3.12. The summed E-state index contributed by atoms with van der Waals surface area (Å²) in [6.45, 7) is 6.58. The molecule has 0 aliphatic heterocycles. The minimum Gasteiger partial charge on any atom is -0.354 e. The van der Waals surface area contributed by atoms with Crippen LogP contribution in [-0.4, -0.2) is 35.1 Å². The van der Waals surface area contributed by atoms with Crippen molar-refractivity contribution in [1.82, 2.24) is 10.2 Å². The molecule has 35 heavy (non-hydrogen) atoms. The Morgan fingerprint density at radius 1 is 0.943 bits per heavy atom. The predicted molar refractivity (Wildman–Crippen MR) is 141 cm³/mol. The highest BCUT2D eigenvalue weighted by Crippen LogP contribution is 2.22. The van der Waals surface area contributed by atoms with E-state index >= 15 is 0 Å². The molecular weight excluding hydrogens is 459 g/mol. The molecule has 3 aromatic carbocycles. The summed E-state index contributed by atoms with van der Waals surface area (Å²) in [5, 5.41) is 2.98. The van der Waals surface area contributed by atoms with E-state index in [9.17, 15) is 14.0 Å². The lowest BCUT2D eigenvalue weighted by Gasteiger charge is -2.32. The maximum atomic E-state index is 14.6. The zero-order valence-electron chi connectivity index (χ0n) is 20.5. The van der Waals surface area contributed by atoms with Gasteiger partial charge in [0.1, 0.15) is 11.9 Å². The summed E-state index contributed by atoms with van der Waals surface area (Å²) in [7, 11) is 0. The second kappa shape index (κ2) is 13.1. The maximum Gasteiger partial charge on any atom is 0.243 e. The van der Waals surface area contributed by atoms with Gasteiger partial charge < -0.3 is 10.2 Å². The minimum absolute atomic E-state index is 0.0204. The van der Waals surface area contributed by atoms with Crippen LogP contribution in [0.4, 0.5) is 4.39 Å². The third kappa shape index (κ3) is 8.25. The molecular formula is C29H33FN2O2S. The molecule has 0 fully saturated rings. The first kappa shape index (κ1) is 26.5. The molecule has 0 aliphatic carbocycles. The lowest BCUT2D eigenvalue weighted by molar-refractivity contribution is -0.139. The molecule has 3 rings (SSSR count). The van der Waals surface area contributed by atoms with Crippen LogP contribution in [0.25, 0.3) is 0 Å². The number of aryl methyl sites for hydroxylation is 1. The summed E-state index contributed by atoms with van der Waals surface area (Å²) in [6.07, 6.45) is 0.347. The van der Waals surface area contributed by atoms with E-state index in [0.717, 1.165) is 16.0 Å². The molecule has 0 unspecified atom stereocenters. The van der Waals surface area contributed by atoms with Crippen LogP contribution < -0.4 is 5.32 Å². The van der Waals surface area contributed by atoms with Crippen LogP contribution in [0.5, 0.6) is 0 Å². The Morgan fingerprint density at radius 2 is 1.60 bits per heavy atom. The normalized spacial score (nSPS) is 11.8. The number of hydrogen-bond donors (Lipinski definition) is 1. The lowest BCUT2D eigenvalue weighted by atomic mass is 10.0. The Labute approximate surface area is 211 Å². The summed E-state index contributed by atoms with van der Waals surface area (Å²) in [5.74, 6) is -0.408. The molecule has 1 N–H and O–H groups in total. The minimum atomic E-state index is -0.762. The number of benzene rings is 3. The highest BCUT2D eigenvalue weighted by Gasteiger charge is 2.31. The first-order valence-electron chi connectivity index (χ1n) is 11.9. The van der Waals surface area contributed by atoms with Gasteiger partial charge in [-0.05, 0) is 36.6 Å². The van der Waals surface area contributed by atoms with Crippen molar-refractivity contribution in [2.75, 3.05) is 12.3 Å². The fourth-order valence-electron chi connectivity index (χ4n) is 3.65. The van der Waals surface area contributed by atoms with Gasteiger partial charge in [0.2, 0.25) is 11.8 Å². The number of rotatable bonds is 11. The standard InChI is InChI=1S/C29H33FN2O2S/c1-21(2)18-31-29(34)27(17-23-9-5-4-6-10-23)32(19-24-11-7-8-12-26(24)30)28(33)20-35-25-15-13-22(3)14-16-25/h4-16,21,27H,17-20H2,1-3H3,(H,31,34)/t27-/m1/s1. The van der Waals surface area contributed by atoms with Gasteiger partial charge >= 0.3 is 0 Å². The number of halogens is 1. The molecule has 2 amide bonds. The maximum absolute atomic E-state index is 14.6. The third-order valence-corrected chi connectivity index (χ3v) is 6.63. The number of nitrogens with zero attached hydrogens (tertiary/aromatic N) is 1. The number of thioether (sulfide) groups is 1. The van der Waals surface area contributed by atoms with E-state index in [1.54, 1.807) is 18.2 Å². The van der Waals surface area contributed by atoms with Crippen molar-refractivity contribution in [3.05, 3.63) is 101 Å². The van der Waals surface area contributed by atoms with Crippen molar-refractivity contribution in [3.63, 3.8) is 0 Å². The van der Waals surface area contributed by atoms with E-state index in [2.05, 4.69) is 5.32 Å². The van der Waals surface area contributed by atoms with Gasteiger partial charge in [-0.1, -0.05) is 80.1 Å². The second-order valence-electron chi connectivity index (χ2n) is 9.06. The van der Waals surface area contributed by atoms with E-state index in [1.165, 1.54) is 22.7 Å². The van der Waals surface area contributed by atoms with Crippen molar-refractivity contribution in [1.29, 1.82) is 0 Å². The number of carbonyl (C=O) groups excluding carboxylic acids is 2. The molecule has 0 heterocycles. The molecule has 0 aromatic heterocycles. The van der Waals surface area contributed by atoms with Crippen LogP contribution in [0.2, 0.25) is 0 Å². The summed E-state index contributed by atoms with van der Waals surface area (Å²) in [5.41, 5.74) is 2.47. The average Bonchev–Trinajstić information content (AvgIpc) is 2.85. The molecule has 4 nitrogen and oxygen atoms in total. The first-order chi connectivity index (χ1) is 16.8. The zero-order valence-corrected chi connectivity index (χ0v) is 21.4. The summed E-state index contributed by atoms with van der Waals surface area (Å²) < 4.78 is 14.6. The first-order valence-corrected chi connectivity index (χ1v) is 12.9. The monoisotopic (exact) mass is 492 g/mol. The average molecular weight is 493 g/mol. The largest absolute Gasteiger partial charge is 0.354 e. The van der Waals surface area contributed by atoms with Gasteiger partial charge in [-0.2, -0.15) is 0 Å². The third-order valence-electron chi connectivity index (χ3n) is 5.64. The van der Waals surface area contributed by atoms with Crippen LogP contribution in [0.15, 0.2) is 83.8 Å². The van der Waals surface area contributed by atoms with E-state index < -0.39 is 11.9 Å². The van der Waals surface area contributed by atoms with Crippen LogP contribution in [-0.2, 0) is 22.6 Å². The van der Waals surface area contributed by atoms with Gasteiger partial charge in [0.05, 0.1) is 5.75 Å². The highest BCUT2D eigenvalue weighted by molar-refractivity contribution is 8.00. The Kier molecular flexibility index (Phi) is 9.91. The number of amides is 2. The van der Waals surface area contributed by atoms with Crippen LogP contribution in [0, 0.1) is 18.7 Å². The molecule has 0 radical (unpaired) electrons. The fourth-order valence-corrected chi connectivity index (χ4v) is 4.43. The van der Waals surface area contributed by atoms with Crippen LogP contribution >= 0.6 is 11.8 Å². The van der Waals surface area contributed by atoms with Crippen molar-refractivity contribution in [2.45, 2.75) is 44.7 Å². The Morgan fingerprint density at radius 3 is 2.26 bits per heavy atom. The van der Waals surface area contributed by atoms with Crippen LogP contribution in [0.3, 0.4) is 0 Å². The van der Waals surface area contributed by atoms with Crippen molar-refractivity contribution in [2.24, 2.45) is 5.92 Å². The molecule has 3 aromatic rings. The summed E-state index contributed by atoms with van der Waals surface area (Å²) >= 11 is 1.42. The van der Waals surface area contributed by atoms with Crippen molar-refractivity contribution in [3.8, 4) is 0 Å². The zero-order chi connectivity index (χ0) is 25.2. The molecule has 1 atom stereocenters. The SMILES string of the molecule is Cc1ccc(SCC(=O)N(Cc2ccccc2F)[C@H](Cc2ccccc2)C(=O)NCC(C)C)cc1. The highest BCUT2D eigenvalue weighted by atomic mass is 32.2. The van der Waals surface area contributed by atoms with E-state index in [4.69, 9.17) is 0 Å². The fraction of sp³-hybridized carbons (Fsp3) is 0.310. The number of hydrogen-bond acceptors (Lipinski definition) is 3. The second-order valence-corrected chi connectivity index (χ2v) is 10.1. The number of nitrogens with one attached hydrogen (secondary N) is 1. The molecule has 184 valence electrons. The topological polar surface area (TPSA) is 49.4 Å². The van der Waals surface area contributed by atoms with Gasteiger partial charge in [-0.25, -0.2) is 4.39 Å². The molecule has 0 spiro atoms. The molecule has 0 aliphatic rings. The molecule has 0 bridgehead atoms. The Balaban J connectivity index is 1.90. The van der Waals surface area contributed by atoms with E-state index in [0.29, 0.717) is 18.5 Å². The Bertz CT molecular complexity index is 1100. The predicted octanol–water partition coefficient (Wildman–Crippen LogP) is 5.64. The van der Waals surface area contributed by atoms with Crippen molar-refractivity contribution < 1.29 is 14.0 Å². The van der Waals surface area contributed by atoms with E-state index in [-0.39, 0.29) is 30.0 Å². The van der Waals surface area contributed by atoms with Crippen molar-refractivity contribution >= 4 is 23.6 Å². The van der Waals surface area contributed by atoms with E-state index in [1.807, 2.05) is 75.4 Å². The summed E-state index contributed by atoms with van der Waals surface area (Å²) in [4.78, 5) is 29.5. The van der Waals surface area contributed by atoms with Gasteiger partial charge in [-0.15, -0.1) is 11.8 Å². The quantitative estimate of drug-likeness (QED) is 0.353. The molecule has 0 saturated carbocycles. The molecule has 6 heteroatoms. The van der Waals surface area contributed by atoms with Gasteiger partial charge in [0.15, 0.2) is 0 Å². The summed E-state index contributed by atoms with van der Waals surface area (Å²) in [6, 6.07) is 23.2. The smallest absolute Gasteiger partial charge is 0.243 e. The van der Waals surface area contributed by atoms with Gasteiger partial charge in [0.25, 0.3) is 0 Å².